The Hall–Kier alpha value is -1.87. The number of hydrogen-bond acceptors (Lipinski definition) is 3. The molecule has 0 aliphatic carbocycles. The lowest BCUT2D eigenvalue weighted by molar-refractivity contribution is -0.142. The third kappa shape index (κ3) is 5.64. The van der Waals surface area contributed by atoms with Crippen molar-refractivity contribution >= 4 is 21.8 Å². The summed E-state index contributed by atoms with van der Waals surface area (Å²) in [4.78, 5) is 11.8. The molecular formula is C15H15BrF3N3O2. The Kier molecular flexibility index (Phi) is 6.00. The Morgan fingerprint density at radius 3 is 2.71 bits per heavy atom. The predicted octanol–water partition coefficient (Wildman–Crippen LogP) is 2.60. The second-order valence-electron chi connectivity index (χ2n) is 5.14. The van der Waals surface area contributed by atoms with E-state index in [0.717, 1.165) is 9.15 Å². The predicted molar refractivity (Wildman–Crippen MR) is 84.1 cm³/mol. The molecule has 1 aromatic heterocycles. The van der Waals surface area contributed by atoms with Gasteiger partial charge in [0.05, 0.1) is 18.2 Å². The largest absolute Gasteiger partial charge is 0.408 e. The first-order chi connectivity index (χ1) is 11.2. The van der Waals surface area contributed by atoms with Gasteiger partial charge in [-0.15, -0.1) is 0 Å². The van der Waals surface area contributed by atoms with Crippen LogP contribution in [0.4, 0.5) is 13.2 Å². The van der Waals surface area contributed by atoms with Gasteiger partial charge in [-0.05, 0) is 17.7 Å². The van der Waals surface area contributed by atoms with Crippen molar-refractivity contribution in [2.45, 2.75) is 25.2 Å². The van der Waals surface area contributed by atoms with Gasteiger partial charge in [0.25, 0.3) is 0 Å². The number of halogens is 4. The molecule has 24 heavy (non-hydrogen) atoms. The Morgan fingerprint density at radius 2 is 2.04 bits per heavy atom. The molecule has 0 radical (unpaired) electrons. The minimum absolute atomic E-state index is 0.00922. The Balaban J connectivity index is 1.84. The fourth-order valence-electron chi connectivity index (χ4n) is 2.06. The SMILES string of the molecule is O=C(Cc1ccn(CC(F)(F)F)n1)NCC(O)c1ccccc1Br. The number of rotatable bonds is 6. The molecule has 0 spiro atoms. The van der Waals surface area contributed by atoms with E-state index in [-0.39, 0.29) is 18.7 Å². The van der Waals surface area contributed by atoms with Crippen molar-refractivity contribution in [2.75, 3.05) is 6.54 Å². The van der Waals surface area contributed by atoms with Crippen molar-refractivity contribution in [1.29, 1.82) is 0 Å². The fourth-order valence-corrected chi connectivity index (χ4v) is 2.61. The summed E-state index contributed by atoms with van der Waals surface area (Å²) in [7, 11) is 0. The molecule has 130 valence electrons. The van der Waals surface area contributed by atoms with Gasteiger partial charge in [0.1, 0.15) is 6.54 Å². The minimum Gasteiger partial charge on any atom is -0.387 e. The van der Waals surface area contributed by atoms with Gasteiger partial charge in [0, 0.05) is 17.2 Å². The van der Waals surface area contributed by atoms with Crippen LogP contribution < -0.4 is 5.32 Å². The van der Waals surface area contributed by atoms with E-state index in [2.05, 4.69) is 26.3 Å². The molecule has 9 heteroatoms. The van der Waals surface area contributed by atoms with Crippen LogP contribution in [0.3, 0.4) is 0 Å². The first-order valence-corrected chi connectivity index (χ1v) is 7.82. The molecule has 1 unspecified atom stereocenters. The maximum absolute atomic E-state index is 12.2. The maximum atomic E-state index is 12.2. The standard InChI is InChI=1S/C15H15BrF3N3O2/c16-12-4-2-1-3-11(12)13(23)8-20-14(24)7-10-5-6-22(21-10)9-15(17,18)19/h1-6,13,23H,7-9H2,(H,20,24). The molecular weight excluding hydrogens is 391 g/mol. The molecule has 2 aromatic rings. The van der Waals surface area contributed by atoms with Gasteiger partial charge in [0.2, 0.25) is 5.91 Å². The van der Waals surface area contributed by atoms with Crippen molar-refractivity contribution in [1.82, 2.24) is 15.1 Å². The van der Waals surface area contributed by atoms with Gasteiger partial charge in [0.15, 0.2) is 0 Å². The minimum atomic E-state index is -4.36. The molecule has 2 rings (SSSR count). The van der Waals surface area contributed by atoms with E-state index in [9.17, 15) is 23.1 Å². The summed E-state index contributed by atoms with van der Waals surface area (Å²) in [5.41, 5.74) is 0.861. The van der Waals surface area contributed by atoms with Crippen LogP contribution in [0.25, 0.3) is 0 Å². The number of benzene rings is 1. The molecule has 1 heterocycles. The third-order valence-corrected chi connectivity index (χ3v) is 3.86. The van der Waals surface area contributed by atoms with E-state index < -0.39 is 24.7 Å². The summed E-state index contributed by atoms with van der Waals surface area (Å²) < 4.78 is 38.2. The summed E-state index contributed by atoms with van der Waals surface area (Å²) in [6, 6.07) is 8.41. The van der Waals surface area contributed by atoms with Crippen LogP contribution in [0, 0.1) is 0 Å². The number of nitrogens with one attached hydrogen (secondary N) is 1. The summed E-state index contributed by atoms with van der Waals surface area (Å²) in [6.45, 7) is -1.21. The number of alkyl halides is 3. The normalized spacial score (nSPS) is 12.9. The summed E-state index contributed by atoms with van der Waals surface area (Å²) in [5.74, 6) is -0.432. The highest BCUT2D eigenvalue weighted by atomic mass is 79.9. The molecule has 0 saturated heterocycles. The molecule has 0 saturated carbocycles. The van der Waals surface area contributed by atoms with Gasteiger partial charge in [-0.1, -0.05) is 34.1 Å². The van der Waals surface area contributed by atoms with E-state index in [1.54, 1.807) is 24.3 Å². The van der Waals surface area contributed by atoms with Gasteiger partial charge in [-0.25, -0.2) is 0 Å². The monoisotopic (exact) mass is 405 g/mol. The second-order valence-corrected chi connectivity index (χ2v) is 5.99. The van der Waals surface area contributed by atoms with Crippen molar-refractivity contribution in [2.24, 2.45) is 0 Å². The number of aliphatic hydroxyl groups excluding tert-OH is 1. The summed E-state index contributed by atoms with van der Waals surface area (Å²) >= 11 is 3.31. The lowest BCUT2D eigenvalue weighted by atomic mass is 10.1. The molecule has 5 nitrogen and oxygen atoms in total. The van der Waals surface area contributed by atoms with Crippen LogP contribution in [-0.4, -0.2) is 33.5 Å². The molecule has 0 aliphatic rings. The van der Waals surface area contributed by atoms with Crippen molar-refractivity contribution in [3.63, 3.8) is 0 Å². The summed E-state index contributed by atoms with van der Waals surface area (Å²) in [6.07, 6.45) is -4.24. The summed E-state index contributed by atoms with van der Waals surface area (Å²) in [5, 5.41) is 16.3. The molecule has 1 amide bonds. The first kappa shape index (κ1) is 18.5. The number of aromatic nitrogens is 2. The van der Waals surface area contributed by atoms with Crippen LogP contribution in [-0.2, 0) is 17.8 Å². The van der Waals surface area contributed by atoms with E-state index >= 15 is 0 Å². The third-order valence-electron chi connectivity index (χ3n) is 3.14. The molecule has 2 N–H and O–H groups in total. The van der Waals surface area contributed by atoms with E-state index in [0.29, 0.717) is 5.56 Å². The molecule has 1 atom stereocenters. The zero-order valence-corrected chi connectivity index (χ0v) is 14.0. The van der Waals surface area contributed by atoms with Crippen LogP contribution >= 0.6 is 15.9 Å². The average molecular weight is 406 g/mol. The topological polar surface area (TPSA) is 67.2 Å². The van der Waals surface area contributed by atoms with Crippen LogP contribution in [0.5, 0.6) is 0 Å². The van der Waals surface area contributed by atoms with E-state index in [4.69, 9.17) is 0 Å². The number of nitrogens with zero attached hydrogens (tertiary/aromatic N) is 2. The smallest absolute Gasteiger partial charge is 0.387 e. The van der Waals surface area contributed by atoms with Gasteiger partial charge >= 0.3 is 6.18 Å². The Labute approximate surface area is 144 Å². The average Bonchev–Trinajstić information content (AvgIpc) is 2.90. The molecule has 0 fully saturated rings. The number of carbonyl (C=O) groups is 1. The van der Waals surface area contributed by atoms with Gasteiger partial charge < -0.3 is 10.4 Å². The zero-order valence-electron chi connectivity index (χ0n) is 12.4. The van der Waals surface area contributed by atoms with E-state index in [1.165, 1.54) is 12.3 Å². The van der Waals surface area contributed by atoms with Crippen molar-refractivity contribution < 1.29 is 23.1 Å². The molecule has 0 aliphatic heterocycles. The number of carbonyl (C=O) groups excluding carboxylic acids is 1. The Morgan fingerprint density at radius 1 is 1.33 bits per heavy atom. The number of hydrogen-bond donors (Lipinski definition) is 2. The van der Waals surface area contributed by atoms with Crippen LogP contribution in [0.1, 0.15) is 17.4 Å². The van der Waals surface area contributed by atoms with Crippen molar-refractivity contribution in [3.8, 4) is 0 Å². The first-order valence-electron chi connectivity index (χ1n) is 7.03. The van der Waals surface area contributed by atoms with Crippen molar-refractivity contribution in [3.05, 3.63) is 52.3 Å². The highest BCUT2D eigenvalue weighted by Gasteiger charge is 2.28. The Bertz CT molecular complexity index is 703. The fraction of sp³-hybridized carbons (Fsp3) is 0.333. The van der Waals surface area contributed by atoms with E-state index in [1.807, 2.05) is 0 Å². The lowest BCUT2D eigenvalue weighted by Crippen LogP contribution is -2.30. The molecule has 1 aromatic carbocycles. The van der Waals surface area contributed by atoms with Crippen LogP contribution in [0.15, 0.2) is 41.0 Å². The molecule has 0 bridgehead atoms. The zero-order chi connectivity index (χ0) is 17.7. The quantitative estimate of drug-likeness (QED) is 0.775. The number of amides is 1. The van der Waals surface area contributed by atoms with Gasteiger partial charge in [-0.2, -0.15) is 18.3 Å². The van der Waals surface area contributed by atoms with Crippen LogP contribution in [0.2, 0.25) is 0 Å². The maximum Gasteiger partial charge on any atom is 0.408 e. The lowest BCUT2D eigenvalue weighted by Gasteiger charge is -2.13. The number of aliphatic hydroxyl groups is 1. The second kappa shape index (κ2) is 7.80. The highest BCUT2D eigenvalue weighted by molar-refractivity contribution is 9.10. The van der Waals surface area contributed by atoms with Gasteiger partial charge in [-0.3, -0.25) is 9.48 Å². The highest BCUT2D eigenvalue weighted by Crippen LogP contribution is 2.22.